The number of nitrogens with zero attached hydrogens (tertiary/aromatic N) is 1. The molecule has 2 aromatic carbocycles. The SMILES string of the molecule is Cc1ccc(O)c(C(=O)N(C)Cc2cccc(Cl)c2)c1. The zero-order valence-corrected chi connectivity index (χ0v) is 12.2. The molecule has 1 N–H and O–H groups in total. The van der Waals surface area contributed by atoms with Crippen molar-refractivity contribution in [3.8, 4) is 5.75 Å². The average molecular weight is 290 g/mol. The first kappa shape index (κ1) is 14.4. The van der Waals surface area contributed by atoms with Crippen LogP contribution in [-0.4, -0.2) is 23.0 Å². The quantitative estimate of drug-likeness (QED) is 0.937. The summed E-state index contributed by atoms with van der Waals surface area (Å²) in [6.45, 7) is 2.32. The minimum absolute atomic E-state index is 0.00135. The number of phenols is 1. The van der Waals surface area contributed by atoms with Crippen molar-refractivity contribution < 1.29 is 9.90 Å². The van der Waals surface area contributed by atoms with Gasteiger partial charge in [0.15, 0.2) is 0 Å². The van der Waals surface area contributed by atoms with E-state index in [-0.39, 0.29) is 11.7 Å². The molecule has 3 nitrogen and oxygen atoms in total. The van der Waals surface area contributed by atoms with Gasteiger partial charge in [-0.25, -0.2) is 0 Å². The molecule has 0 saturated carbocycles. The van der Waals surface area contributed by atoms with E-state index in [1.165, 1.54) is 6.07 Å². The molecule has 0 unspecified atom stereocenters. The third kappa shape index (κ3) is 3.31. The lowest BCUT2D eigenvalue weighted by Crippen LogP contribution is -2.26. The fourth-order valence-electron chi connectivity index (χ4n) is 2.01. The molecule has 0 spiro atoms. The van der Waals surface area contributed by atoms with E-state index in [0.29, 0.717) is 17.1 Å². The topological polar surface area (TPSA) is 40.5 Å². The van der Waals surface area contributed by atoms with Crippen LogP contribution in [0.1, 0.15) is 21.5 Å². The summed E-state index contributed by atoms with van der Waals surface area (Å²) in [5.74, 6) is -0.218. The third-order valence-electron chi connectivity index (χ3n) is 3.04. The van der Waals surface area contributed by atoms with E-state index in [9.17, 15) is 9.90 Å². The summed E-state index contributed by atoms with van der Waals surface area (Å²) in [5.41, 5.74) is 2.19. The maximum atomic E-state index is 12.3. The van der Waals surface area contributed by atoms with Crippen LogP contribution in [-0.2, 0) is 6.54 Å². The van der Waals surface area contributed by atoms with E-state index in [1.807, 2.05) is 25.1 Å². The van der Waals surface area contributed by atoms with Gasteiger partial charge in [-0.2, -0.15) is 0 Å². The largest absolute Gasteiger partial charge is 0.507 e. The van der Waals surface area contributed by atoms with E-state index in [1.54, 1.807) is 30.1 Å². The van der Waals surface area contributed by atoms with Crippen molar-refractivity contribution in [2.45, 2.75) is 13.5 Å². The summed E-state index contributed by atoms with van der Waals surface area (Å²) >= 11 is 5.93. The Labute approximate surface area is 123 Å². The number of hydrogen-bond acceptors (Lipinski definition) is 2. The molecule has 4 heteroatoms. The molecule has 104 valence electrons. The minimum atomic E-state index is -0.217. The smallest absolute Gasteiger partial charge is 0.257 e. The number of aromatic hydroxyl groups is 1. The minimum Gasteiger partial charge on any atom is -0.507 e. The van der Waals surface area contributed by atoms with E-state index in [0.717, 1.165) is 11.1 Å². The fourth-order valence-corrected chi connectivity index (χ4v) is 2.22. The van der Waals surface area contributed by atoms with Gasteiger partial charge in [0.1, 0.15) is 5.75 Å². The second-order valence-corrected chi connectivity index (χ2v) is 5.25. The summed E-state index contributed by atoms with van der Waals surface area (Å²) in [4.78, 5) is 13.9. The molecule has 1 amide bonds. The van der Waals surface area contributed by atoms with Crippen molar-refractivity contribution in [2.75, 3.05) is 7.05 Å². The molecule has 0 bridgehead atoms. The first-order chi connectivity index (χ1) is 9.47. The number of halogens is 1. The van der Waals surface area contributed by atoms with Crippen LogP contribution in [0.3, 0.4) is 0 Å². The Morgan fingerprint density at radius 2 is 2.00 bits per heavy atom. The van der Waals surface area contributed by atoms with Crippen molar-refractivity contribution >= 4 is 17.5 Å². The second-order valence-electron chi connectivity index (χ2n) is 4.81. The number of aryl methyl sites for hydroxylation is 1. The van der Waals surface area contributed by atoms with Crippen LogP contribution in [0.25, 0.3) is 0 Å². The Balaban J connectivity index is 2.18. The van der Waals surface area contributed by atoms with Gasteiger partial charge in [-0.3, -0.25) is 4.79 Å². The summed E-state index contributed by atoms with van der Waals surface area (Å²) < 4.78 is 0. The molecule has 2 aromatic rings. The van der Waals surface area contributed by atoms with Gasteiger partial charge in [0.2, 0.25) is 0 Å². The molecule has 0 radical (unpaired) electrons. The molecule has 0 aromatic heterocycles. The number of benzene rings is 2. The molecule has 20 heavy (non-hydrogen) atoms. The molecular formula is C16H16ClNO2. The zero-order valence-electron chi connectivity index (χ0n) is 11.4. The van der Waals surface area contributed by atoms with Crippen molar-refractivity contribution in [3.63, 3.8) is 0 Å². The van der Waals surface area contributed by atoms with E-state index in [4.69, 9.17) is 11.6 Å². The van der Waals surface area contributed by atoms with Crippen LogP contribution in [0.2, 0.25) is 5.02 Å². The van der Waals surface area contributed by atoms with Gasteiger partial charge in [0.05, 0.1) is 5.56 Å². The predicted octanol–water partition coefficient (Wildman–Crippen LogP) is 3.63. The van der Waals surface area contributed by atoms with Gasteiger partial charge in [0.25, 0.3) is 5.91 Å². The highest BCUT2D eigenvalue weighted by molar-refractivity contribution is 6.30. The van der Waals surface area contributed by atoms with Gasteiger partial charge in [-0.05, 0) is 36.8 Å². The predicted molar refractivity (Wildman–Crippen MR) is 80.1 cm³/mol. The van der Waals surface area contributed by atoms with Gasteiger partial charge >= 0.3 is 0 Å². The van der Waals surface area contributed by atoms with Crippen molar-refractivity contribution in [1.82, 2.24) is 4.90 Å². The van der Waals surface area contributed by atoms with Gasteiger partial charge < -0.3 is 10.0 Å². The highest BCUT2D eigenvalue weighted by Gasteiger charge is 2.16. The Bertz CT molecular complexity index is 640. The first-order valence-electron chi connectivity index (χ1n) is 6.27. The summed E-state index contributed by atoms with van der Waals surface area (Å²) in [5, 5.41) is 10.4. The lowest BCUT2D eigenvalue weighted by Gasteiger charge is -2.18. The highest BCUT2D eigenvalue weighted by atomic mass is 35.5. The summed E-state index contributed by atoms with van der Waals surface area (Å²) in [6.07, 6.45) is 0. The fraction of sp³-hybridized carbons (Fsp3) is 0.188. The Kier molecular flexibility index (Phi) is 4.30. The number of rotatable bonds is 3. The Morgan fingerprint density at radius 1 is 1.25 bits per heavy atom. The maximum absolute atomic E-state index is 12.3. The van der Waals surface area contributed by atoms with Crippen LogP contribution < -0.4 is 0 Å². The van der Waals surface area contributed by atoms with Gasteiger partial charge in [0, 0.05) is 18.6 Å². The lowest BCUT2D eigenvalue weighted by atomic mass is 10.1. The standard InChI is InChI=1S/C16H16ClNO2/c1-11-6-7-15(19)14(8-11)16(20)18(2)10-12-4-3-5-13(17)9-12/h3-9,19H,10H2,1-2H3. The van der Waals surface area contributed by atoms with Crippen LogP contribution >= 0.6 is 11.6 Å². The van der Waals surface area contributed by atoms with E-state index >= 15 is 0 Å². The summed E-state index contributed by atoms with van der Waals surface area (Å²) in [6, 6.07) is 12.4. The zero-order chi connectivity index (χ0) is 14.7. The van der Waals surface area contributed by atoms with Crippen molar-refractivity contribution in [1.29, 1.82) is 0 Å². The van der Waals surface area contributed by atoms with Crippen LogP contribution in [0.15, 0.2) is 42.5 Å². The number of carbonyl (C=O) groups excluding carboxylic acids is 1. The molecule has 0 fully saturated rings. The molecule has 0 aliphatic rings. The van der Waals surface area contributed by atoms with Crippen LogP contribution in [0.4, 0.5) is 0 Å². The molecular weight excluding hydrogens is 274 g/mol. The summed E-state index contributed by atoms with van der Waals surface area (Å²) in [7, 11) is 1.70. The van der Waals surface area contributed by atoms with Crippen LogP contribution in [0.5, 0.6) is 5.75 Å². The van der Waals surface area contributed by atoms with Crippen molar-refractivity contribution in [3.05, 3.63) is 64.2 Å². The molecule has 0 atom stereocenters. The first-order valence-corrected chi connectivity index (χ1v) is 6.64. The number of amides is 1. The van der Waals surface area contributed by atoms with E-state index in [2.05, 4.69) is 0 Å². The van der Waals surface area contributed by atoms with Gasteiger partial charge in [-0.15, -0.1) is 0 Å². The third-order valence-corrected chi connectivity index (χ3v) is 3.27. The molecule has 0 aliphatic heterocycles. The second kappa shape index (κ2) is 5.97. The maximum Gasteiger partial charge on any atom is 0.257 e. The molecule has 2 rings (SSSR count). The number of phenolic OH excluding ortho intramolecular Hbond substituents is 1. The number of carbonyl (C=O) groups is 1. The highest BCUT2D eigenvalue weighted by Crippen LogP contribution is 2.21. The molecule has 0 heterocycles. The molecule has 0 aliphatic carbocycles. The Morgan fingerprint density at radius 3 is 2.70 bits per heavy atom. The number of hydrogen-bond donors (Lipinski definition) is 1. The normalized spacial score (nSPS) is 10.3. The molecule has 0 saturated heterocycles. The lowest BCUT2D eigenvalue weighted by molar-refractivity contribution is 0.0782. The van der Waals surface area contributed by atoms with Crippen LogP contribution in [0, 0.1) is 6.92 Å². The Hall–Kier alpha value is -2.00. The van der Waals surface area contributed by atoms with Crippen molar-refractivity contribution in [2.24, 2.45) is 0 Å². The average Bonchev–Trinajstić information content (AvgIpc) is 2.40. The monoisotopic (exact) mass is 289 g/mol. The van der Waals surface area contributed by atoms with E-state index < -0.39 is 0 Å². The van der Waals surface area contributed by atoms with Gasteiger partial charge in [-0.1, -0.05) is 35.4 Å².